The standard InChI is InChI=1S/C17H18FN5O2S/c1-17(2,3)26-15-9-8-13-20-22(16(25)23(13)21-15)10-14(24)19-12-6-4-11(18)5-7-12/h4-9H,10H2,1-3H3,(H,19,24). The summed E-state index contributed by atoms with van der Waals surface area (Å²) >= 11 is 1.53. The van der Waals surface area contributed by atoms with E-state index in [4.69, 9.17) is 0 Å². The first-order valence-electron chi connectivity index (χ1n) is 7.93. The van der Waals surface area contributed by atoms with Crippen LogP contribution in [0.15, 0.2) is 46.2 Å². The molecule has 3 rings (SSSR count). The number of aromatic nitrogens is 4. The van der Waals surface area contributed by atoms with Crippen molar-refractivity contribution < 1.29 is 9.18 Å². The van der Waals surface area contributed by atoms with Crippen LogP contribution in [0.5, 0.6) is 0 Å². The fraction of sp³-hybridized carbons (Fsp3) is 0.294. The van der Waals surface area contributed by atoms with E-state index in [1.165, 1.54) is 40.5 Å². The highest BCUT2D eigenvalue weighted by molar-refractivity contribution is 8.00. The van der Waals surface area contributed by atoms with Crippen LogP contribution in [-0.2, 0) is 11.3 Å². The summed E-state index contributed by atoms with van der Waals surface area (Å²) < 4.78 is 15.1. The van der Waals surface area contributed by atoms with E-state index in [0.717, 1.165) is 4.68 Å². The number of hydrogen-bond donors (Lipinski definition) is 1. The molecule has 0 aliphatic rings. The van der Waals surface area contributed by atoms with Gasteiger partial charge < -0.3 is 5.32 Å². The fourth-order valence-corrected chi connectivity index (χ4v) is 3.12. The summed E-state index contributed by atoms with van der Waals surface area (Å²) in [4.78, 5) is 24.6. The van der Waals surface area contributed by atoms with Crippen molar-refractivity contribution in [3.05, 3.63) is 52.7 Å². The van der Waals surface area contributed by atoms with Crippen LogP contribution < -0.4 is 11.0 Å². The molecule has 0 radical (unpaired) electrons. The number of hydrogen-bond acceptors (Lipinski definition) is 5. The zero-order valence-corrected chi connectivity index (χ0v) is 15.4. The lowest BCUT2D eigenvalue weighted by molar-refractivity contribution is -0.117. The number of rotatable bonds is 4. The Kier molecular flexibility index (Phi) is 4.82. The molecule has 0 bridgehead atoms. The maximum absolute atomic E-state index is 12.9. The van der Waals surface area contributed by atoms with Crippen LogP contribution in [-0.4, -0.2) is 30.0 Å². The molecule has 136 valence electrons. The third-order valence-electron chi connectivity index (χ3n) is 3.25. The van der Waals surface area contributed by atoms with Crippen LogP contribution >= 0.6 is 11.8 Å². The highest BCUT2D eigenvalue weighted by Crippen LogP contribution is 2.29. The van der Waals surface area contributed by atoms with E-state index >= 15 is 0 Å². The summed E-state index contributed by atoms with van der Waals surface area (Å²) in [5.41, 5.74) is 0.309. The minimum atomic E-state index is -0.495. The normalized spacial score (nSPS) is 11.7. The van der Waals surface area contributed by atoms with Gasteiger partial charge in [0.25, 0.3) is 0 Å². The Morgan fingerprint density at radius 1 is 1.15 bits per heavy atom. The summed E-state index contributed by atoms with van der Waals surface area (Å²) in [7, 11) is 0. The van der Waals surface area contributed by atoms with Crippen LogP contribution in [0.2, 0.25) is 0 Å². The fourth-order valence-electron chi connectivity index (χ4n) is 2.23. The van der Waals surface area contributed by atoms with Gasteiger partial charge in [-0.1, -0.05) is 32.5 Å². The van der Waals surface area contributed by atoms with Crippen molar-refractivity contribution in [2.75, 3.05) is 5.32 Å². The number of carbonyl (C=O) groups is 1. The molecule has 7 nitrogen and oxygen atoms in total. The first kappa shape index (κ1) is 18.1. The predicted molar refractivity (Wildman–Crippen MR) is 97.9 cm³/mol. The maximum Gasteiger partial charge on any atom is 0.367 e. The summed E-state index contributed by atoms with van der Waals surface area (Å²) in [6, 6.07) is 8.85. The van der Waals surface area contributed by atoms with Gasteiger partial charge in [0.15, 0.2) is 5.65 Å². The SMILES string of the molecule is CC(C)(C)Sc1ccc2nn(CC(=O)Nc3ccc(F)cc3)c(=O)n2n1. The zero-order valence-electron chi connectivity index (χ0n) is 14.6. The highest BCUT2D eigenvalue weighted by Gasteiger charge is 2.16. The highest BCUT2D eigenvalue weighted by atomic mass is 32.2. The number of nitrogens with one attached hydrogen (secondary N) is 1. The first-order chi connectivity index (χ1) is 12.2. The molecule has 9 heteroatoms. The number of amides is 1. The zero-order chi connectivity index (χ0) is 18.9. The molecule has 0 spiro atoms. The van der Waals surface area contributed by atoms with E-state index < -0.39 is 17.4 Å². The van der Waals surface area contributed by atoms with Gasteiger partial charge in [-0.2, -0.15) is 9.61 Å². The van der Waals surface area contributed by atoms with Gasteiger partial charge in [0.2, 0.25) is 5.91 Å². The molecule has 1 aromatic carbocycles. The molecule has 1 amide bonds. The lowest BCUT2D eigenvalue weighted by atomic mass is 10.3. The summed E-state index contributed by atoms with van der Waals surface area (Å²) in [6.07, 6.45) is 0. The molecule has 0 atom stereocenters. The Morgan fingerprint density at radius 3 is 2.50 bits per heavy atom. The second-order valence-corrected chi connectivity index (χ2v) is 8.50. The predicted octanol–water partition coefficient (Wildman–Crippen LogP) is 2.56. The molecule has 2 heterocycles. The summed E-state index contributed by atoms with van der Waals surface area (Å²) in [5.74, 6) is -0.832. The second-order valence-electron chi connectivity index (χ2n) is 6.65. The van der Waals surface area contributed by atoms with Gasteiger partial charge in [-0.15, -0.1) is 5.10 Å². The van der Waals surface area contributed by atoms with Crippen molar-refractivity contribution in [2.24, 2.45) is 0 Å². The molecule has 0 fully saturated rings. The van der Waals surface area contributed by atoms with Gasteiger partial charge in [0, 0.05) is 10.4 Å². The minimum absolute atomic E-state index is 0.0463. The molecule has 0 saturated heterocycles. The van der Waals surface area contributed by atoms with Crippen molar-refractivity contribution in [1.82, 2.24) is 19.4 Å². The van der Waals surface area contributed by atoms with Crippen LogP contribution in [0.1, 0.15) is 20.8 Å². The molecule has 0 unspecified atom stereocenters. The average molecular weight is 375 g/mol. The number of anilines is 1. The Bertz CT molecular complexity index is 1000. The van der Waals surface area contributed by atoms with Gasteiger partial charge in [-0.3, -0.25) is 4.79 Å². The Morgan fingerprint density at radius 2 is 1.85 bits per heavy atom. The van der Waals surface area contributed by atoms with Crippen molar-refractivity contribution in [2.45, 2.75) is 37.1 Å². The summed E-state index contributed by atoms with van der Waals surface area (Å²) in [6.45, 7) is 5.89. The molecule has 0 aliphatic carbocycles. The van der Waals surface area contributed by atoms with Crippen molar-refractivity contribution >= 4 is 29.0 Å². The third kappa shape index (κ3) is 4.29. The van der Waals surface area contributed by atoms with E-state index in [0.29, 0.717) is 16.4 Å². The Hall–Kier alpha value is -2.68. The van der Waals surface area contributed by atoms with Crippen LogP contribution in [0.4, 0.5) is 10.1 Å². The monoisotopic (exact) mass is 375 g/mol. The Balaban J connectivity index is 1.79. The van der Waals surface area contributed by atoms with Gasteiger partial charge in [-0.25, -0.2) is 13.9 Å². The maximum atomic E-state index is 12.9. The number of fused-ring (bicyclic) bond motifs is 1. The topological polar surface area (TPSA) is 81.3 Å². The lowest BCUT2D eigenvalue weighted by Crippen LogP contribution is -2.29. The van der Waals surface area contributed by atoms with E-state index in [2.05, 4.69) is 36.3 Å². The van der Waals surface area contributed by atoms with Gasteiger partial charge in [-0.05, 0) is 36.4 Å². The molecule has 2 aromatic heterocycles. The largest absolute Gasteiger partial charge is 0.367 e. The van der Waals surface area contributed by atoms with E-state index in [1.807, 2.05) is 0 Å². The molecule has 3 aromatic rings. The van der Waals surface area contributed by atoms with Crippen LogP contribution in [0, 0.1) is 5.82 Å². The summed E-state index contributed by atoms with van der Waals surface area (Å²) in [5, 5.41) is 11.7. The van der Waals surface area contributed by atoms with E-state index in [1.54, 1.807) is 12.1 Å². The Labute approximate surface area is 153 Å². The van der Waals surface area contributed by atoms with Gasteiger partial charge in [0.1, 0.15) is 17.4 Å². The number of thioether (sulfide) groups is 1. The molecular weight excluding hydrogens is 357 g/mol. The van der Waals surface area contributed by atoms with E-state index in [9.17, 15) is 14.0 Å². The minimum Gasteiger partial charge on any atom is -0.324 e. The number of nitrogens with zero attached hydrogens (tertiary/aromatic N) is 4. The lowest BCUT2D eigenvalue weighted by Gasteiger charge is -2.16. The quantitative estimate of drug-likeness (QED) is 0.709. The van der Waals surface area contributed by atoms with Crippen molar-refractivity contribution in [1.29, 1.82) is 0 Å². The van der Waals surface area contributed by atoms with Crippen LogP contribution in [0.25, 0.3) is 5.65 Å². The van der Waals surface area contributed by atoms with Crippen molar-refractivity contribution in [3.63, 3.8) is 0 Å². The number of benzene rings is 1. The van der Waals surface area contributed by atoms with Crippen molar-refractivity contribution in [3.8, 4) is 0 Å². The smallest absolute Gasteiger partial charge is 0.324 e. The molecule has 26 heavy (non-hydrogen) atoms. The molecular formula is C17H18FN5O2S. The molecule has 1 N–H and O–H groups in total. The third-order valence-corrected chi connectivity index (χ3v) is 4.29. The van der Waals surface area contributed by atoms with E-state index in [-0.39, 0.29) is 11.3 Å². The van der Waals surface area contributed by atoms with Gasteiger partial charge in [0.05, 0.1) is 0 Å². The second kappa shape index (κ2) is 6.91. The van der Waals surface area contributed by atoms with Crippen LogP contribution in [0.3, 0.4) is 0 Å². The first-order valence-corrected chi connectivity index (χ1v) is 8.74. The number of halogens is 1. The number of carbonyl (C=O) groups excluding carboxylic acids is 1. The molecule has 0 saturated carbocycles. The molecule has 0 aliphatic heterocycles. The van der Waals surface area contributed by atoms with Gasteiger partial charge >= 0.3 is 5.69 Å². The average Bonchev–Trinajstić information content (AvgIpc) is 2.84.